The van der Waals surface area contributed by atoms with Gasteiger partial charge in [0.1, 0.15) is 0 Å². The van der Waals surface area contributed by atoms with E-state index in [9.17, 15) is 27.6 Å². The lowest BCUT2D eigenvalue weighted by Crippen LogP contribution is -2.44. The number of piperazine rings is 1. The molecule has 3 amide bonds. The van der Waals surface area contributed by atoms with Crippen LogP contribution in [0.2, 0.25) is 0 Å². The van der Waals surface area contributed by atoms with Gasteiger partial charge in [0.15, 0.2) is 0 Å². The zero-order valence-electron chi connectivity index (χ0n) is 20.8. The van der Waals surface area contributed by atoms with Crippen LogP contribution in [0.3, 0.4) is 0 Å². The highest BCUT2D eigenvalue weighted by molar-refractivity contribution is 6.31. The largest absolute Gasteiger partial charge is 0.490 e. The third-order valence-electron chi connectivity index (χ3n) is 5.84. The molecule has 2 aliphatic rings. The molecule has 2 aromatic carbocycles. The normalized spacial score (nSPS) is 16.4. The molecule has 13 heteroatoms. The number of carboxylic acids is 1. The molecule has 2 aliphatic heterocycles. The number of hydrogen-bond acceptors (Lipinski definition) is 7. The molecule has 2 heterocycles. The maximum atomic E-state index is 12.5. The summed E-state index contributed by atoms with van der Waals surface area (Å²) in [5.41, 5.74) is 3.56. The number of benzene rings is 2. The van der Waals surface area contributed by atoms with Crippen LogP contribution in [0, 0.1) is 0 Å². The molecule has 0 spiro atoms. The second kappa shape index (κ2) is 12.3. The smallest absolute Gasteiger partial charge is 0.475 e. The molecule has 4 N–H and O–H groups in total. The Morgan fingerprint density at radius 2 is 1.56 bits per heavy atom. The lowest BCUT2D eigenvalue weighted by Gasteiger charge is -2.34. The molecule has 206 valence electrons. The zero-order valence-corrected chi connectivity index (χ0v) is 20.8. The number of carbonyl (C=O) groups excluding carboxylic acids is 3. The number of fused-ring (bicyclic) bond motifs is 1. The van der Waals surface area contributed by atoms with Gasteiger partial charge in [-0.2, -0.15) is 13.2 Å². The molecule has 10 nitrogen and oxygen atoms in total. The summed E-state index contributed by atoms with van der Waals surface area (Å²) in [4.78, 5) is 49.9. The van der Waals surface area contributed by atoms with Crippen LogP contribution in [-0.4, -0.2) is 73.1 Å². The predicted octanol–water partition coefficient (Wildman–Crippen LogP) is 2.92. The van der Waals surface area contributed by atoms with Crippen LogP contribution >= 0.6 is 0 Å². The first kappa shape index (κ1) is 28.9. The van der Waals surface area contributed by atoms with Gasteiger partial charge in [-0.1, -0.05) is 6.58 Å². The van der Waals surface area contributed by atoms with Crippen molar-refractivity contribution in [1.29, 1.82) is 0 Å². The van der Waals surface area contributed by atoms with Crippen molar-refractivity contribution in [1.82, 2.24) is 10.2 Å². The molecular formula is C26H26F3N5O5. The first-order valence-corrected chi connectivity index (χ1v) is 11.6. The minimum Gasteiger partial charge on any atom is -0.475 e. The van der Waals surface area contributed by atoms with Crippen LogP contribution in [0.25, 0.3) is 5.57 Å². The van der Waals surface area contributed by atoms with Gasteiger partial charge in [0, 0.05) is 60.6 Å². The van der Waals surface area contributed by atoms with Gasteiger partial charge >= 0.3 is 12.1 Å². The molecule has 0 bridgehead atoms. The Balaban J connectivity index is 0.000000532. The zero-order chi connectivity index (χ0) is 28.7. The fourth-order valence-corrected chi connectivity index (χ4v) is 3.73. The Hall–Kier alpha value is -4.65. The monoisotopic (exact) mass is 545 g/mol. The van der Waals surface area contributed by atoms with Crippen molar-refractivity contribution >= 4 is 46.3 Å². The Labute approximate surface area is 221 Å². The number of nitrogens with zero attached hydrogens (tertiary/aromatic N) is 2. The van der Waals surface area contributed by atoms with Gasteiger partial charge in [-0.3, -0.25) is 19.7 Å². The molecule has 39 heavy (non-hydrogen) atoms. The number of imide groups is 1. The van der Waals surface area contributed by atoms with Gasteiger partial charge in [-0.25, -0.2) is 4.79 Å². The maximum Gasteiger partial charge on any atom is 0.490 e. The van der Waals surface area contributed by atoms with Gasteiger partial charge in [0.25, 0.3) is 11.8 Å². The third-order valence-corrected chi connectivity index (χ3v) is 5.84. The Kier molecular flexibility index (Phi) is 9.09. The minimum atomic E-state index is -5.08. The second-order valence-electron chi connectivity index (χ2n) is 8.58. The van der Waals surface area contributed by atoms with E-state index >= 15 is 0 Å². The number of carbonyl (C=O) groups is 4. The first-order valence-electron chi connectivity index (χ1n) is 11.6. The Morgan fingerprint density at radius 1 is 0.974 bits per heavy atom. The number of halogens is 3. The van der Waals surface area contributed by atoms with Gasteiger partial charge in [0.05, 0.1) is 5.57 Å². The number of nitrogens with one attached hydrogen (secondary N) is 3. The summed E-state index contributed by atoms with van der Waals surface area (Å²) in [7, 11) is 2.13. The standard InChI is InChI=1S/C24H25N5O3.C2HF3O2/c1-3-22(30)26-17-6-9-19-20(14-17)21(24(32)27-23(19)31)15-25-16-4-7-18(8-5-16)29-12-10-28(2)11-13-29;3-2(4,5)1(6)7/h3-9,14-15,25H,1,10-13H2,2H3,(H,26,30)(H,27,31,32);(H,6,7)/b21-15-;. The highest BCUT2D eigenvalue weighted by Crippen LogP contribution is 2.28. The lowest BCUT2D eigenvalue weighted by molar-refractivity contribution is -0.192. The van der Waals surface area contributed by atoms with Crippen molar-refractivity contribution in [3.05, 3.63) is 72.4 Å². The van der Waals surface area contributed by atoms with Gasteiger partial charge < -0.3 is 25.5 Å². The summed E-state index contributed by atoms with van der Waals surface area (Å²) in [6.45, 7) is 7.48. The third kappa shape index (κ3) is 7.68. The van der Waals surface area contributed by atoms with E-state index < -0.39 is 24.0 Å². The van der Waals surface area contributed by atoms with Gasteiger partial charge in [-0.15, -0.1) is 0 Å². The summed E-state index contributed by atoms with van der Waals surface area (Å²) >= 11 is 0. The molecule has 1 fully saturated rings. The molecule has 2 aromatic rings. The highest BCUT2D eigenvalue weighted by atomic mass is 19.4. The second-order valence-corrected chi connectivity index (χ2v) is 8.58. The predicted molar refractivity (Wildman–Crippen MR) is 139 cm³/mol. The van der Waals surface area contributed by atoms with E-state index in [2.05, 4.69) is 39.4 Å². The van der Waals surface area contributed by atoms with Gasteiger partial charge in [-0.05, 0) is 55.6 Å². The van der Waals surface area contributed by atoms with Gasteiger partial charge in [0.2, 0.25) is 5.91 Å². The van der Waals surface area contributed by atoms with Crippen LogP contribution in [-0.2, 0) is 14.4 Å². The molecule has 0 aliphatic carbocycles. The lowest BCUT2D eigenvalue weighted by atomic mass is 9.95. The molecule has 0 saturated carbocycles. The molecule has 1 saturated heterocycles. The quantitative estimate of drug-likeness (QED) is 0.333. The van der Waals surface area contributed by atoms with E-state index in [-0.39, 0.29) is 5.91 Å². The molecule has 0 atom stereocenters. The van der Waals surface area contributed by atoms with Crippen LogP contribution in [0.5, 0.6) is 0 Å². The van der Waals surface area contributed by atoms with Crippen LogP contribution in [0.15, 0.2) is 61.3 Å². The van der Waals surface area contributed by atoms with Crippen LogP contribution < -0.4 is 20.9 Å². The van der Waals surface area contributed by atoms with Crippen molar-refractivity contribution in [2.24, 2.45) is 0 Å². The van der Waals surface area contributed by atoms with Crippen molar-refractivity contribution < 1.29 is 37.5 Å². The summed E-state index contributed by atoms with van der Waals surface area (Å²) in [6.07, 6.45) is -2.36. The van der Waals surface area contributed by atoms with Crippen molar-refractivity contribution in [3.8, 4) is 0 Å². The van der Waals surface area contributed by atoms with E-state index in [4.69, 9.17) is 9.90 Å². The number of hydrogen-bond donors (Lipinski definition) is 4. The number of amides is 3. The molecule has 0 radical (unpaired) electrons. The number of alkyl halides is 3. The number of anilines is 3. The highest BCUT2D eigenvalue weighted by Gasteiger charge is 2.38. The van der Waals surface area contributed by atoms with E-state index in [0.717, 1.165) is 43.6 Å². The molecule has 0 unspecified atom stereocenters. The average molecular weight is 546 g/mol. The first-order chi connectivity index (χ1) is 18.4. The molecule has 0 aromatic heterocycles. The molecular weight excluding hydrogens is 519 g/mol. The Bertz CT molecular complexity index is 1300. The van der Waals surface area contributed by atoms with Crippen LogP contribution in [0.4, 0.5) is 30.2 Å². The van der Waals surface area contributed by atoms with Crippen molar-refractivity contribution in [3.63, 3.8) is 0 Å². The fourth-order valence-electron chi connectivity index (χ4n) is 3.73. The summed E-state index contributed by atoms with van der Waals surface area (Å²) in [6, 6.07) is 12.8. The fraction of sp³-hybridized carbons (Fsp3) is 0.231. The van der Waals surface area contributed by atoms with E-state index in [1.807, 2.05) is 24.3 Å². The summed E-state index contributed by atoms with van der Waals surface area (Å²) < 4.78 is 31.7. The van der Waals surface area contributed by atoms with E-state index in [0.29, 0.717) is 22.4 Å². The van der Waals surface area contributed by atoms with E-state index in [1.54, 1.807) is 24.4 Å². The minimum absolute atomic E-state index is 0.303. The van der Waals surface area contributed by atoms with Crippen molar-refractivity contribution in [2.45, 2.75) is 6.18 Å². The number of rotatable bonds is 5. The number of carboxylic acid groups (broad SMARTS) is 1. The van der Waals surface area contributed by atoms with Crippen LogP contribution in [0.1, 0.15) is 15.9 Å². The topological polar surface area (TPSA) is 131 Å². The molecule has 4 rings (SSSR count). The Morgan fingerprint density at radius 3 is 2.13 bits per heavy atom. The van der Waals surface area contributed by atoms with Crippen molar-refractivity contribution in [2.75, 3.05) is 48.8 Å². The average Bonchev–Trinajstić information content (AvgIpc) is 2.89. The maximum absolute atomic E-state index is 12.5. The number of likely N-dealkylation sites (N-methyl/N-ethyl adjacent to an activating group) is 1. The SMILES string of the molecule is C=CC(=O)Nc1ccc2c(c1)/C(=C/Nc1ccc(N3CCN(C)CC3)cc1)C(=O)NC2=O.O=C(O)C(F)(F)F. The number of aliphatic carboxylic acids is 1. The van der Waals surface area contributed by atoms with E-state index in [1.165, 1.54) is 0 Å². The summed E-state index contributed by atoms with van der Waals surface area (Å²) in [5, 5.41) is 15.3. The summed E-state index contributed by atoms with van der Waals surface area (Å²) in [5.74, 6) is -4.11.